The number of amides is 2. The number of rotatable bonds is 7. The molecule has 0 radical (unpaired) electrons. The van der Waals surface area contributed by atoms with Crippen LogP contribution in [-0.4, -0.2) is 32.5 Å². The maximum absolute atomic E-state index is 12.1. The molecule has 2 N–H and O–H groups in total. The molecule has 0 spiro atoms. The molecule has 25 heavy (non-hydrogen) atoms. The standard InChI is InChI=1S/C19H23N3O3/c1-4-25-17-8-6-5-7-16(17)21-19(24)13-18(23)20-14-9-11-15(12-10-14)22(2)3/h5-12H,4,13H2,1-3H3,(H,20,23)(H,21,24). The van der Waals surface area contributed by atoms with E-state index >= 15 is 0 Å². The second kappa shape index (κ2) is 8.73. The van der Waals surface area contributed by atoms with Gasteiger partial charge >= 0.3 is 0 Å². The van der Waals surface area contributed by atoms with Crippen LogP contribution < -0.4 is 20.3 Å². The monoisotopic (exact) mass is 341 g/mol. The molecular weight excluding hydrogens is 318 g/mol. The Hall–Kier alpha value is -3.02. The molecule has 0 aliphatic rings. The molecule has 0 unspecified atom stereocenters. The van der Waals surface area contributed by atoms with Gasteiger partial charge in [0.25, 0.3) is 0 Å². The maximum atomic E-state index is 12.1. The molecule has 0 saturated carbocycles. The molecule has 0 aliphatic carbocycles. The summed E-state index contributed by atoms with van der Waals surface area (Å²) >= 11 is 0. The topological polar surface area (TPSA) is 70.7 Å². The average molecular weight is 341 g/mol. The second-order valence-electron chi connectivity index (χ2n) is 5.64. The van der Waals surface area contributed by atoms with Crippen LogP contribution in [0.4, 0.5) is 17.1 Å². The maximum Gasteiger partial charge on any atom is 0.233 e. The Morgan fingerprint density at radius 2 is 1.60 bits per heavy atom. The van der Waals surface area contributed by atoms with Crippen LogP contribution in [0.2, 0.25) is 0 Å². The number of para-hydroxylation sites is 2. The minimum absolute atomic E-state index is 0.268. The van der Waals surface area contributed by atoms with Crippen molar-refractivity contribution in [3.63, 3.8) is 0 Å². The van der Waals surface area contributed by atoms with Gasteiger partial charge in [-0.1, -0.05) is 12.1 Å². The lowest BCUT2D eigenvalue weighted by Crippen LogP contribution is -2.21. The first-order chi connectivity index (χ1) is 12.0. The summed E-state index contributed by atoms with van der Waals surface area (Å²) in [5.74, 6) is -0.184. The minimum Gasteiger partial charge on any atom is -0.492 e. The number of hydrogen-bond donors (Lipinski definition) is 2. The van der Waals surface area contributed by atoms with Crippen LogP contribution in [0.3, 0.4) is 0 Å². The fourth-order valence-electron chi connectivity index (χ4n) is 2.24. The van der Waals surface area contributed by atoms with Gasteiger partial charge in [0.15, 0.2) is 0 Å². The average Bonchev–Trinajstić information content (AvgIpc) is 2.57. The molecule has 0 fully saturated rings. The number of carbonyl (C=O) groups excluding carboxylic acids is 2. The molecule has 0 atom stereocenters. The number of carbonyl (C=O) groups is 2. The molecule has 0 saturated heterocycles. The molecule has 132 valence electrons. The summed E-state index contributed by atoms with van der Waals surface area (Å²) in [5, 5.41) is 5.42. The highest BCUT2D eigenvalue weighted by Gasteiger charge is 2.12. The van der Waals surface area contributed by atoms with E-state index in [0.717, 1.165) is 5.69 Å². The van der Waals surface area contributed by atoms with E-state index in [9.17, 15) is 9.59 Å². The summed E-state index contributed by atoms with van der Waals surface area (Å²) in [4.78, 5) is 26.1. The Bertz CT molecular complexity index is 727. The summed E-state index contributed by atoms with van der Waals surface area (Å²) < 4.78 is 5.45. The first kappa shape index (κ1) is 18.3. The number of nitrogens with one attached hydrogen (secondary N) is 2. The van der Waals surface area contributed by atoms with Crippen LogP contribution in [0.25, 0.3) is 0 Å². The summed E-state index contributed by atoms with van der Waals surface area (Å²) in [7, 11) is 3.88. The number of anilines is 3. The Balaban J connectivity index is 1.91. The van der Waals surface area contributed by atoms with E-state index in [1.807, 2.05) is 44.1 Å². The van der Waals surface area contributed by atoms with Crippen LogP contribution in [0.15, 0.2) is 48.5 Å². The molecule has 0 aromatic heterocycles. The quantitative estimate of drug-likeness (QED) is 0.759. The van der Waals surface area contributed by atoms with Gasteiger partial charge in [-0.25, -0.2) is 0 Å². The highest BCUT2D eigenvalue weighted by Crippen LogP contribution is 2.23. The van der Waals surface area contributed by atoms with E-state index in [0.29, 0.717) is 23.7 Å². The molecule has 2 aromatic rings. The Morgan fingerprint density at radius 3 is 2.24 bits per heavy atom. The van der Waals surface area contributed by atoms with E-state index in [1.54, 1.807) is 30.3 Å². The van der Waals surface area contributed by atoms with Crippen LogP contribution in [0.1, 0.15) is 13.3 Å². The Labute approximate surface area is 147 Å². The lowest BCUT2D eigenvalue weighted by molar-refractivity contribution is -0.123. The number of nitrogens with zero attached hydrogens (tertiary/aromatic N) is 1. The molecule has 0 bridgehead atoms. The Kier molecular flexibility index (Phi) is 6.39. The van der Waals surface area contributed by atoms with E-state index in [4.69, 9.17) is 4.74 Å². The van der Waals surface area contributed by atoms with E-state index in [-0.39, 0.29) is 12.3 Å². The van der Waals surface area contributed by atoms with Crippen LogP contribution in [0.5, 0.6) is 5.75 Å². The van der Waals surface area contributed by atoms with Crippen molar-refractivity contribution in [2.24, 2.45) is 0 Å². The van der Waals surface area contributed by atoms with Gasteiger partial charge in [-0.2, -0.15) is 0 Å². The zero-order valence-corrected chi connectivity index (χ0v) is 14.7. The molecule has 2 amide bonds. The SMILES string of the molecule is CCOc1ccccc1NC(=O)CC(=O)Nc1ccc(N(C)C)cc1. The van der Waals surface area contributed by atoms with E-state index in [1.165, 1.54) is 0 Å². The predicted octanol–water partition coefficient (Wildman–Crippen LogP) is 3.12. The zero-order valence-electron chi connectivity index (χ0n) is 14.7. The fourth-order valence-corrected chi connectivity index (χ4v) is 2.24. The molecule has 6 heteroatoms. The van der Waals surface area contributed by atoms with Crippen molar-refractivity contribution < 1.29 is 14.3 Å². The first-order valence-electron chi connectivity index (χ1n) is 8.08. The van der Waals surface area contributed by atoms with Gasteiger partial charge in [0.1, 0.15) is 12.2 Å². The van der Waals surface area contributed by atoms with Gasteiger partial charge in [0.05, 0.1) is 12.3 Å². The van der Waals surface area contributed by atoms with Gasteiger partial charge in [-0.15, -0.1) is 0 Å². The van der Waals surface area contributed by atoms with Crippen molar-refractivity contribution >= 4 is 28.9 Å². The third-order valence-corrected chi connectivity index (χ3v) is 3.45. The number of benzene rings is 2. The molecule has 2 aromatic carbocycles. The molecule has 2 rings (SSSR count). The van der Waals surface area contributed by atoms with Crippen molar-refractivity contribution in [3.05, 3.63) is 48.5 Å². The number of hydrogen-bond acceptors (Lipinski definition) is 4. The smallest absolute Gasteiger partial charge is 0.233 e. The molecule has 0 aliphatic heterocycles. The lowest BCUT2D eigenvalue weighted by Gasteiger charge is -2.13. The largest absolute Gasteiger partial charge is 0.492 e. The summed E-state index contributed by atoms with van der Waals surface area (Å²) in [6, 6.07) is 14.5. The predicted molar refractivity (Wildman–Crippen MR) is 100 cm³/mol. The highest BCUT2D eigenvalue weighted by atomic mass is 16.5. The van der Waals surface area contributed by atoms with Crippen molar-refractivity contribution in [1.29, 1.82) is 0 Å². The van der Waals surface area contributed by atoms with Gasteiger partial charge in [-0.3, -0.25) is 9.59 Å². The normalized spacial score (nSPS) is 10.0. The van der Waals surface area contributed by atoms with E-state index < -0.39 is 5.91 Å². The van der Waals surface area contributed by atoms with Crippen molar-refractivity contribution in [3.8, 4) is 5.75 Å². The molecular formula is C19H23N3O3. The number of ether oxygens (including phenoxy) is 1. The minimum atomic E-state index is -0.394. The van der Waals surface area contributed by atoms with Crippen LogP contribution in [-0.2, 0) is 9.59 Å². The van der Waals surface area contributed by atoms with E-state index in [2.05, 4.69) is 10.6 Å². The molecule has 0 heterocycles. The Morgan fingerprint density at radius 1 is 0.960 bits per heavy atom. The summed E-state index contributed by atoms with van der Waals surface area (Å²) in [5.41, 5.74) is 2.24. The summed E-state index contributed by atoms with van der Waals surface area (Å²) in [6.07, 6.45) is -0.268. The fraction of sp³-hybridized carbons (Fsp3) is 0.263. The van der Waals surface area contributed by atoms with Crippen molar-refractivity contribution in [2.75, 3.05) is 36.2 Å². The van der Waals surface area contributed by atoms with Crippen LogP contribution >= 0.6 is 0 Å². The highest BCUT2D eigenvalue weighted by molar-refractivity contribution is 6.08. The third-order valence-electron chi connectivity index (χ3n) is 3.45. The van der Waals surface area contributed by atoms with Crippen molar-refractivity contribution in [2.45, 2.75) is 13.3 Å². The summed E-state index contributed by atoms with van der Waals surface area (Å²) in [6.45, 7) is 2.37. The van der Waals surface area contributed by atoms with Gasteiger partial charge in [0, 0.05) is 25.5 Å². The van der Waals surface area contributed by atoms with Gasteiger partial charge < -0.3 is 20.3 Å². The van der Waals surface area contributed by atoms with Crippen molar-refractivity contribution in [1.82, 2.24) is 0 Å². The first-order valence-corrected chi connectivity index (χ1v) is 8.08. The molecule has 6 nitrogen and oxygen atoms in total. The van der Waals surface area contributed by atoms with Gasteiger partial charge in [0.2, 0.25) is 11.8 Å². The van der Waals surface area contributed by atoms with Gasteiger partial charge in [-0.05, 0) is 43.3 Å². The zero-order chi connectivity index (χ0) is 18.2. The lowest BCUT2D eigenvalue weighted by atomic mass is 10.2. The third kappa shape index (κ3) is 5.53. The van der Waals surface area contributed by atoms with Crippen LogP contribution in [0, 0.1) is 0 Å². The second-order valence-corrected chi connectivity index (χ2v) is 5.64.